The Hall–Kier alpha value is -6.38. The van der Waals surface area contributed by atoms with Crippen molar-refractivity contribution < 1.29 is 0 Å². The van der Waals surface area contributed by atoms with Crippen LogP contribution in [-0.2, 0) is 0 Å². The molecule has 3 aliphatic carbocycles. The molecule has 2 heteroatoms. The molecule has 0 N–H and O–H groups in total. The van der Waals surface area contributed by atoms with Crippen LogP contribution in [0.5, 0.6) is 0 Å². The first kappa shape index (κ1) is 34.1. The van der Waals surface area contributed by atoms with E-state index < -0.39 is 0 Å². The maximum atomic E-state index is 5.32. The van der Waals surface area contributed by atoms with Crippen molar-refractivity contribution in [3.63, 3.8) is 0 Å². The molecule has 0 fully saturated rings. The van der Waals surface area contributed by atoms with E-state index in [2.05, 4.69) is 170 Å². The third kappa shape index (κ3) is 6.77. The van der Waals surface area contributed by atoms with Gasteiger partial charge in [-0.15, -0.1) is 0 Å². The summed E-state index contributed by atoms with van der Waals surface area (Å²) in [5.74, 6) is 0. The number of aromatic nitrogens is 2. The molecule has 2 nitrogen and oxygen atoms in total. The molecule has 0 amide bonds. The maximum absolute atomic E-state index is 5.32. The molecule has 56 heavy (non-hydrogen) atoms. The second kappa shape index (κ2) is 15.0. The number of rotatable bonds is 7. The van der Waals surface area contributed by atoms with Gasteiger partial charge in [0.2, 0.25) is 0 Å². The lowest BCUT2D eigenvalue weighted by molar-refractivity contribution is 0.740. The number of pyridine rings is 2. The molecule has 0 radical (unpaired) electrons. The van der Waals surface area contributed by atoms with E-state index in [9.17, 15) is 0 Å². The zero-order valence-corrected chi connectivity index (χ0v) is 31.7. The van der Waals surface area contributed by atoms with Crippen LogP contribution in [0.3, 0.4) is 0 Å². The third-order valence-corrected chi connectivity index (χ3v) is 11.8. The van der Waals surface area contributed by atoms with Gasteiger partial charge in [-0.3, -0.25) is 0 Å². The molecule has 0 saturated heterocycles. The fourth-order valence-corrected chi connectivity index (χ4v) is 8.72. The molecule has 3 aliphatic rings. The van der Waals surface area contributed by atoms with Gasteiger partial charge in [-0.25, -0.2) is 9.97 Å². The molecular formula is C54H44N2. The Bertz CT molecular complexity index is 2780. The average Bonchev–Trinajstić information content (AvgIpc) is 3.29. The first-order valence-corrected chi connectivity index (χ1v) is 20.3. The van der Waals surface area contributed by atoms with Crippen molar-refractivity contribution in [2.24, 2.45) is 0 Å². The van der Waals surface area contributed by atoms with Crippen LogP contribution >= 0.6 is 0 Å². The Balaban J connectivity index is 1.02. The number of benzene rings is 5. The summed E-state index contributed by atoms with van der Waals surface area (Å²) in [6.07, 6.45) is 24.8. The number of hydrogen-bond donors (Lipinski definition) is 0. The monoisotopic (exact) mass is 720 g/mol. The van der Waals surface area contributed by atoms with Gasteiger partial charge < -0.3 is 0 Å². The Kier molecular flexibility index (Phi) is 9.17. The second-order valence-electron chi connectivity index (χ2n) is 15.4. The first-order valence-electron chi connectivity index (χ1n) is 20.3. The lowest BCUT2D eigenvalue weighted by Gasteiger charge is -2.19. The van der Waals surface area contributed by atoms with Gasteiger partial charge in [-0.2, -0.15) is 0 Å². The van der Waals surface area contributed by atoms with E-state index in [0.29, 0.717) is 0 Å². The second-order valence-corrected chi connectivity index (χ2v) is 15.4. The Morgan fingerprint density at radius 3 is 1.82 bits per heavy atom. The molecule has 0 unspecified atom stereocenters. The van der Waals surface area contributed by atoms with Gasteiger partial charge in [0.1, 0.15) is 0 Å². The van der Waals surface area contributed by atoms with Crippen molar-refractivity contribution in [1.29, 1.82) is 0 Å². The van der Waals surface area contributed by atoms with Crippen LogP contribution in [0.15, 0.2) is 170 Å². The topological polar surface area (TPSA) is 25.8 Å². The quantitative estimate of drug-likeness (QED) is 0.153. The minimum absolute atomic E-state index is 1.01. The fraction of sp³-hybridized carbons (Fsp3) is 0.148. The molecule has 0 atom stereocenters. The molecule has 2 heterocycles. The number of nitrogens with zero attached hydrogens (tertiary/aromatic N) is 2. The highest BCUT2D eigenvalue weighted by atomic mass is 14.7. The van der Waals surface area contributed by atoms with Gasteiger partial charge in [-0.1, -0.05) is 134 Å². The first-order chi connectivity index (χ1) is 27.7. The maximum Gasteiger partial charge on any atom is 0.0721 e. The minimum atomic E-state index is 1.01. The summed E-state index contributed by atoms with van der Waals surface area (Å²) >= 11 is 0. The third-order valence-electron chi connectivity index (χ3n) is 11.8. The van der Waals surface area contributed by atoms with Crippen LogP contribution < -0.4 is 0 Å². The molecule has 5 aromatic carbocycles. The van der Waals surface area contributed by atoms with Gasteiger partial charge in [0.25, 0.3) is 0 Å². The standard InChI is InChI=1S/C54H44N2/c1-5-14-39(15-6-1)49-36-53(43-20-11-4-12-21-43)55-50-31-30-40-28-29-46(33-48(40)54(49)50)45-23-13-22-44(32-45)37-24-26-38(27-25-37)47-34-51(41-16-7-2-8-17-41)56-52(35-47)42-18-9-3-10-19-42/h1-3,5,7-9,13-14,16-18,20,22-36H,4,6,10-12,15,19,21H2. The predicted molar refractivity (Wildman–Crippen MR) is 238 cm³/mol. The highest BCUT2D eigenvalue weighted by Gasteiger charge is 2.18. The lowest BCUT2D eigenvalue weighted by Crippen LogP contribution is -2.00. The Labute approximate surface area is 330 Å². The highest BCUT2D eigenvalue weighted by Crippen LogP contribution is 2.39. The summed E-state index contributed by atoms with van der Waals surface area (Å²) < 4.78 is 0. The average molecular weight is 721 g/mol. The highest BCUT2D eigenvalue weighted by molar-refractivity contribution is 6.12. The molecule has 2 aromatic heterocycles. The predicted octanol–water partition coefficient (Wildman–Crippen LogP) is 14.9. The van der Waals surface area contributed by atoms with Crippen LogP contribution in [0, 0.1) is 0 Å². The normalized spacial score (nSPS) is 15.5. The minimum Gasteiger partial charge on any atom is -0.248 e. The van der Waals surface area contributed by atoms with Crippen LogP contribution in [0.25, 0.3) is 83.0 Å². The van der Waals surface area contributed by atoms with Crippen molar-refractivity contribution in [3.05, 3.63) is 187 Å². The Morgan fingerprint density at radius 2 is 1.07 bits per heavy atom. The zero-order valence-electron chi connectivity index (χ0n) is 31.7. The summed E-state index contributed by atoms with van der Waals surface area (Å²) in [5, 5.41) is 3.78. The van der Waals surface area contributed by atoms with Crippen LogP contribution in [-0.4, -0.2) is 9.97 Å². The van der Waals surface area contributed by atoms with E-state index in [1.807, 2.05) is 0 Å². The molecule has 0 spiro atoms. The molecule has 270 valence electrons. The smallest absolute Gasteiger partial charge is 0.0721 e. The van der Waals surface area contributed by atoms with Gasteiger partial charge >= 0.3 is 0 Å². The summed E-state index contributed by atoms with van der Waals surface area (Å²) in [4.78, 5) is 10.4. The molecule has 0 aliphatic heterocycles. The van der Waals surface area contributed by atoms with E-state index in [0.717, 1.165) is 66.7 Å². The van der Waals surface area contributed by atoms with E-state index in [-0.39, 0.29) is 0 Å². The van der Waals surface area contributed by atoms with E-state index >= 15 is 0 Å². The molecule has 0 bridgehead atoms. The van der Waals surface area contributed by atoms with Crippen molar-refractivity contribution in [1.82, 2.24) is 9.97 Å². The molecule has 0 saturated carbocycles. The van der Waals surface area contributed by atoms with E-state index in [4.69, 9.17) is 9.97 Å². The summed E-state index contributed by atoms with van der Waals surface area (Å²) in [6.45, 7) is 0. The molecular weight excluding hydrogens is 677 g/mol. The Morgan fingerprint density at radius 1 is 0.411 bits per heavy atom. The van der Waals surface area contributed by atoms with Crippen molar-refractivity contribution in [2.75, 3.05) is 0 Å². The summed E-state index contributed by atoms with van der Waals surface area (Å²) in [7, 11) is 0. The largest absolute Gasteiger partial charge is 0.248 e. The van der Waals surface area contributed by atoms with Crippen molar-refractivity contribution >= 4 is 38.4 Å². The number of allylic oxidation sites excluding steroid dienone is 10. The van der Waals surface area contributed by atoms with E-state index in [1.165, 1.54) is 84.7 Å². The van der Waals surface area contributed by atoms with Crippen LogP contribution in [0.2, 0.25) is 0 Å². The summed E-state index contributed by atoms with van der Waals surface area (Å²) in [5.41, 5.74) is 18.1. The zero-order chi connectivity index (χ0) is 37.3. The van der Waals surface area contributed by atoms with Crippen molar-refractivity contribution in [2.45, 2.75) is 51.4 Å². The number of hydrogen-bond acceptors (Lipinski definition) is 2. The van der Waals surface area contributed by atoms with Gasteiger partial charge in [0.05, 0.1) is 22.6 Å². The molecule has 7 aromatic rings. The van der Waals surface area contributed by atoms with Gasteiger partial charge in [0, 0.05) is 10.9 Å². The number of fused-ring (bicyclic) bond motifs is 3. The molecule has 10 rings (SSSR count). The van der Waals surface area contributed by atoms with E-state index in [1.54, 1.807) is 0 Å². The van der Waals surface area contributed by atoms with Crippen molar-refractivity contribution in [3.8, 4) is 44.6 Å². The van der Waals surface area contributed by atoms with Gasteiger partial charge in [0.15, 0.2) is 0 Å². The lowest BCUT2D eigenvalue weighted by atomic mass is 9.88. The SMILES string of the molecule is C1=CCCC(c2cc(-c3ccc(-c4cccc(-c5ccc6ccc7nc(C8=CCCCC8)cc(C8=CC=CCC8)c7c6c5)c4)cc3)cc(-c3ccccc3)n2)=C1. The summed E-state index contributed by atoms with van der Waals surface area (Å²) in [6, 6.07) is 46.9. The van der Waals surface area contributed by atoms with Crippen LogP contribution in [0.1, 0.15) is 68.3 Å². The fourth-order valence-electron chi connectivity index (χ4n) is 8.72. The van der Waals surface area contributed by atoms with Crippen LogP contribution in [0.4, 0.5) is 0 Å². The van der Waals surface area contributed by atoms with Gasteiger partial charge in [-0.05, 0) is 154 Å².